The molecule has 0 amide bonds. The van der Waals surface area contributed by atoms with Gasteiger partial charge in [0.1, 0.15) is 5.75 Å². The summed E-state index contributed by atoms with van der Waals surface area (Å²) in [5, 5.41) is 11.0. The third kappa shape index (κ3) is 4.37. The third-order valence-corrected chi connectivity index (χ3v) is 7.00. The summed E-state index contributed by atoms with van der Waals surface area (Å²) in [6, 6.07) is 8.04. The summed E-state index contributed by atoms with van der Waals surface area (Å²) in [5.74, 6) is 1.63. The van der Waals surface area contributed by atoms with E-state index in [9.17, 15) is 5.11 Å². The summed E-state index contributed by atoms with van der Waals surface area (Å²) in [5.41, 5.74) is 1.54. The van der Waals surface area contributed by atoms with Crippen molar-refractivity contribution in [1.82, 2.24) is 0 Å². The highest BCUT2D eigenvalue weighted by atomic mass is 32.2. The lowest BCUT2D eigenvalue weighted by molar-refractivity contribution is 0.0714. The summed E-state index contributed by atoms with van der Waals surface area (Å²) >= 11 is 3.44. The van der Waals surface area contributed by atoms with Gasteiger partial charge in [-0.15, -0.1) is 23.5 Å². The molecule has 1 aliphatic rings. The van der Waals surface area contributed by atoms with Crippen molar-refractivity contribution in [3.05, 3.63) is 45.7 Å². The van der Waals surface area contributed by atoms with Crippen molar-refractivity contribution in [2.45, 2.75) is 25.9 Å². The molecule has 0 radical (unpaired) electrons. The summed E-state index contributed by atoms with van der Waals surface area (Å²) in [6.45, 7) is 4.02. The Kier molecular flexibility index (Phi) is 6.29. The van der Waals surface area contributed by atoms with Gasteiger partial charge in [0.15, 0.2) is 0 Å². The summed E-state index contributed by atoms with van der Waals surface area (Å²) in [6.07, 6.45) is 9.56. The van der Waals surface area contributed by atoms with Gasteiger partial charge in [-0.05, 0) is 67.9 Å². The van der Waals surface area contributed by atoms with Crippen LogP contribution in [0.5, 0.6) is 5.75 Å². The lowest BCUT2D eigenvalue weighted by Crippen LogP contribution is -2.30. The Bertz CT molecular complexity index is 582. The highest BCUT2D eigenvalue weighted by Crippen LogP contribution is 2.51. The number of allylic oxidation sites excluding steroid dienone is 1. The number of ether oxygens (including phenoxy) is 1. The Morgan fingerprint density at radius 2 is 1.87 bits per heavy atom. The van der Waals surface area contributed by atoms with Crippen molar-refractivity contribution in [3.8, 4) is 5.75 Å². The number of thioether (sulfide) groups is 2. The van der Waals surface area contributed by atoms with Crippen molar-refractivity contribution in [3.63, 3.8) is 0 Å². The van der Waals surface area contributed by atoms with Crippen LogP contribution in [-0.2, 0) is 0 Å². The van der Waals surface area contributed by atoms with Gasteiger partial charge < -0.3 is 9.84 Å². The summed E-state index contributed by atoms with van der Waals surface area (Å²) in [7, 11) is 1.68. The van der Waals surface area contributed by atoms with Crippen molar-refractivity contribution in [1.29, 1.82) is 0 Å². The Hall–Kier alpha value is -0.840. The molecule has 0 aromatic heterocycles. The van der Waals surface area contributed by atoms with Gasteiger partial charge in [0, 0.05) is 4.24 Å². The fourth-order valence-corrected chi connectivity index (χ4v) is 4.59. The maximum Gasteiger partial charge on any atom is 0.118 e. The normalized spacial score (nSPS) is 22.7. The van der Waals surface area contributed by atoms with Gasteiger partial charge in [-0.3, -0.25) is 0 Å². The maximum atomic E-state index is 11.0. The molecule has 1 aromatic carbocycles. The predicted octanol–water partition coefficient (Wildman–Crippen LogP) is 5.05. The topological polar surface area (TPSA) is 29.5 Å². The molecule has 23 heavy (non-hydrogen) atoms. The van der Waals surface area contributed by atoms with Gasteiger partial charge in [-0.1, -0.05) is 24.3 Å². The Balaban J connectivity index is 2.03. The van der Waals surface area contributed by atoms with E-state index in [2.05, 4.69) is 43.7 Å². The maximum absolute atomic E-state index is 11.0. The van der Waals surface area contributed by atoms with E-state index in [0.29, 0.717) is 11.8 Å². The van der Waals surface area contributed by atoms with Crippen LogP contribution >= 0.6 is 23.5 Å². The standard InChI is InChI=1S/C19H26O2S2/c1-13(18(22-4)23-5)19(2,20)17-12-15(17)9-6-14-7-10-16(21-3)11-8-14/h6-11,15,17,20H,12H2,1-5H3/b9-6+/t15-,17-,19?/m1/s1. The molecule has 1 saturated carbocycles. The van der Waals surface area contributed by atoms with E-state index in [0.717, 1.165) is 23.3 Å². The largest absolute Gasteiger partial charge is 0.497 e. The minimum Gasteiger partial charge on any atom is -0.497 e. The molecule has 2 rings (SSSR count). The molecule has 1 aliphatic carbocycles. The van der Waals surface area contributed by atoms with Gasteiger partial charge in [0.25, 0.3) is 0 Å². The van der Waals surface area contributed by atoms with Crippen LogP contribution in [0.2, 0.25) is 0 Å². The number of rotatable bonds is 7. The van der Waals surface area contributed by atoms with E-state index >= 15 is 0 Å². The minimum absolute atomic E-state index is 0.311. The van der Waals surface area contributed by atoms with Crippen LogP contribution < -0.4 is 4.74 Å². The van der Waals surface area contributed by atoms with Gasteiger partial charge in [0.2, 0.25) is 0 Å². The number of hydrogen-bond acceptors (Lipinski definition) is 4. The zero-order valence-electron chi connectivity index (χ0n) is 14.5. The molecule has 0 spiro atoms. The van der Waals surface area contributed by atoms with Crippen LogP contribution in [0.3, 0.4) is 0 Å². The van der Waals surface area contributed by atoms with E-state index < -0.39 is 5.60 Å². The number of methoxy groups -OCH3 is 1. The monoisotopic (exact) mass is 350 g/mol. The van der Waals surface area contributed by atoms with E-state index in [1.165, 1.54) is 4.24 Å². The SMILES string of the molecule is COc1ccc(/C=C/[C@@H]2C[C@H]2C(C)(O)C(C)=C(SC)SC)cc1. The van der Waals surface area contributed by atoms with Crippen LogP contribution in [0.1, 0.15) is 25.8 Å². The first-order valence-electron chi connectivity index (χ1n) is 7.78. The lowest BCUT2D eigenvalue weighted by atomic mass is 9.91. The summed E-state index contributed by atoms with van der Waals surface area (Å²) < 4.78 is 6.39. The second kappa shape index (κ2) is 7.82. The molecular formula is C19H26O2S2. The van der Waals surface area contributed by atoms with E-state index in [1.807, 2.05) is 19.1 Å². The van der Waals surface area contributed by atoms with Crippen LogP contribution in [0.4, 0.5) is 0 Å². The first-order chi connectivity index (χ1) is 10.9. The van der Waals surface area contributed by atoms with Gasteiger partial charge >= 0.3 is 0 Å². The number of hydrogen-bond donors (Lipinski definition) is 1. The second-order valence-corrected chi connectivity index (χ2v) is 8.00. The van der Waals surface area contributed by atoms with E-state index in [4.69, 9.17) is 4.74 Å². The number of aliphatic hydroxyl groups is 1. The van der Waals surface area contributed by atoms with Crippen LogP contribution in [0.15, 0.2) is 40.2 Å². The molecule has 2 nitrogen and oxygen atoms in total. The second-order valence-electron chi connectivity index (χ2n) is 6.11. The number of benzene rings is 1. The third-order valence-electron chi connectivity index (χ3n) is 4.65. The lowest BCUT2D eigenvalue weighted by Gasteiger charge is -2.26. The molecule has 4 heteroatoms. The van der Waals surface area contributed by atoms with Crippen molar-refractivity contribution < 1.29 is 9.84 Å². The molecule has 0 bridgehead atoms. The Labute approximate surface area is 148 Å². The highest BCUT2D eigenvalue weighted by Gasteiger charge is 2.49. The fourth-order valence-electron chi connectivity index (χ4n) is 2.90. The smallest absolute Gasteiger partial charge is 0.118 e. The average Bonchev–Trinajstić information content (AvgIpc) is 3.35. The van der Waals surface area contributed by atoms with Crippen molar-refractivity contribution in [2.75, 3.05) is 19.6 Å². The molecule has 1 N–H and O–H groups in total. The molecule has 0 aliphatic heterocycles. The van der Waals surface area contributed by atoms with Crippen LogP contribution in [0, 0.1) is 11.8 Å². The fraction of sp³-hybridized carbons (Fsp3) is 0.474. The predicted molar refractivity (Wildman–Crippen MR) is 104 cm³/mol. The molecule has 0 saturated heterocycles. The van der Waals surface area contributed by atoms with Gasteiger partial charge in [-0.25, -0.2) is 0 Å². The van der Waals surface area contributed by atoms with Crippen molar-refractivity contribution in [2.24, 2.45) is 11.8 Å². The molecule has 1 fully saturated rings. The van der Waals surface area contributed by atoms with Gasteiger partial charge in [0.05, 0.1) is 12.7 Å². The van der Waals surface area contributed by atoms with E-state index in [-0.39, 0.29) is 0 Å². The quantitative estimate of drug-likeness (QED) is 0.745. The molecule has 0 heterocycles. The molecule has 126 valence electrons. The molecule has 1 unspecified atom stereocenters. The summed E-state index contributed by atoms with van der Waals surface area (Å²) in [4.78, 5) is 0. The van der Waals surface area contributed by atoms with Gasteiger partial charge in [-0.2, -0.15) is 0 Å². The minimum atomic E-state index is -0.726. The molecular weight excluding hydrogens is 324 g/mol. The van der Waals surface area contributed by atoms with Crippen LogP contribution in [0.25, 0.3) is 6.08 Å². The first kappa shape index (κ1) is 18.5. The van der Waals surface area contributed by atoms with Crippen LogP contribution in [-0.4, -0.2) is 30.3 Å². The van der Waals surface area contributed by atoms with E-state index in [1.54, 1.807) is 30.6 Å². The Morgan fingerprint density at radius 1 is 1.26 bits per heavy atom. The molecule has 1 aromatic rings. The highest BCUT2D eigenvalue weighted by molar-refractivity contribution is 8.21. The zero-order chi connectivity index (χ0) is 17.0. The van der Waals surface area contributed by atoms with Crippen molar-refractivity contribution >= 4 is 29.6 Å². The Morgan fingerprint density at radius 3 is 2.39 bits per heavy atom. The molecule has 3 atom stereocenters. The average molecular weight is 351 g/mol. The zero-order valence-corrected chi connectivity index (χ0v) is 16.1. The first-order valence-corrected chi connectivity index (χ1v) is 10.2.